The zero-order chi connectivity index (χ0) is 15.4. The number of hydrogen-bond acceptors (Lipinski definition) is 3. The van der Waals surface area contributed by atoms with Crippen LogP contribution in [0.25, 0.3) is 0 Å². The zero-order valence-corrected chi connectivity index (χ0v) is 13.5. The Balaban J connectivity index is 2.52. The van der Waals surface area contributed by atoms with Gasteiger partial charge in [0.2, 0.25) is 0 Å². The van der Waals surface area contributed by atoms with Gasteiger partial charge < -0.3 is 15.0 Å². The summed E-state index contributed by atoms with van der Waals surface area (Å²) in [5, 5.41) is 2.88. The Kier molecular flexibility index (Phi) is 5.80. The molecule has 0 saturated carbocycles. The van der Waals surface area contributed by atoms with Crippen molar-refractivity contribution in [3.63, 3.8) is 0 Å². The van der Waals surface area contributed by atoms with Gasteiger partial charge in [-0.2, -0.15) is 0 Å². The second-order valence-electron chi connectivity index (χ2n) is 7.08. The van der Waals surface area contributed by atoms with Crippen LogP contribution in [0.15, 0.2) is 0 Å². The van der Waals surface area contributed by atoms with Gasteiger partial charge >= 0.3 is 6.09 Å². The summed E-state index contributed by atoms with van der Waals surface area (Å²) in [4.78, 5) is 13.8. The standard InChI is InChI=1S/C15H29FN2O2/c1-14(2,3)20-13(19)18-8-6-7-12(10-18)9-15(4,16)11-17-5/h12,17H,6-11H2,1-5H3. The first-order chi connectivity index (χ1) is 9.13. The van der Waals surface area contributed by atoms with Crippen molar-refractivity contribution in [1.29, 1.82) is 0 Å². The number of carbonyl (C=O) groups excluding carboxylic acids is 1. The summed E-state index contributed by atoms with van der Waals surface area (Å²) in [6.45, 7) is 8.85. The molecule has 20 heavy (non-hydrogen) atoms. The molecule has 0 bridgehead atoms. The minimum atomic E-state index is -1.23. The van der Waals surface area contributed by atoms with Crippen molar-refractivity contribution < 1.29 is 13.9 Å². The van der Waals surface area contributed by atoms with Gasteiger partial charge in [-0.25, -0.2) is 9.18 Å². The van der Waals surface area contributed by atoms with Crippen molar-refractivity contribution in [3.05, 3.63) is 0 Å². The highest BCUT2D eigenvalue weighted by atomic mass is 19.1. The van der Waals surface area contributed by atoms with E-state index in [-0.39, 0.29) is 12.0 Å². The second kappa shape index (κ2) is 6.74. The normalized spacial score (nSPS) is 23.3. The number of nitrogens with one attached hydrogen (secondary N) is 1. The monoisotopic (exact) mass is 288 g/mol. The van der Waals surface area contributed by atoms with E-state index < -0.39 is 11.3 Å². The fraction of sp³-hybridized carbons (Fsp3) is 0.933. The average molecular weight is 288 g/mol. The third-order valence-corrected chi connectivity index (χ3v) is 3.43. The third-order valence-electron chi connectivity index (χ3n) is 3.43. The highest BCUT2D eigenvalue weighted by Crippen LogP contribution is 2.28. The Bertz CT molecular complexity index is 326. The van der Waals surface area contributed by atoms with Gasteiger partial charge in [0.25, 0.3) is 0 Å². The van der Waals surface area contributed by atoms with Crippen molar-refractivity contribution in [3.8, 4) is 0 Å². The van der Waals surface area contributed by atoms with Crippen LogP contribution in [0.5, 0.6) is 0 Å². The molecule has 1 saturated heterocycles. The Morgan fingerprint density at radius 3 is 2.60 bits per heavy atom. The summed E-state index contributed by atoms with van der Waals surface area (Å²) in [6.07, 6.45) is 2.09. The summed E-state index contributed by atoms with van der Waals surface area (Å²) in [5.74, 6) is 0.208. The largest absolute Gasteiger partial charge is 0.444 e. The van der Waals surface area contributed by atoms with Crippen LogP contribution in [0.1, 0.15) is 47.0 Å². The van der Waals surface area contributed by atoms with Gasteiger partial charge in [-0.05, 0) is 59.9 Å². The molecule has 1 aliphatic rings. The Morgan fingerprint density at radius 1 is 1.40 bits per heavy atom. The topological polar surface area (TPSA) is 41.6 Å². The predicted molar refractivity (Wildman–Crippen MR) is 78.6 cm³/mol. The van der Waals surface area contributed by atoms with E-state index in [1.54, 1.807) is 18.9 Å². The molecule has 2 atom stereocenters. The van der Waals surface area contributed by atoms with E-state index in [1.807, 2.05) is 20.8 Å². The van der Waals surface area contributed by atoms with Crippen LogP contribution >= 0.6 is 0 Å². The number of amides is 1. The first-order valence-corrected chi connectivity index (χ1v) is 7.44. The number of ether oxygens (including phenoxy) is 1. The quantitative estimate of drug-likeness (QED) is 0.864. The van der Waals surface area contributed by atoms with E-state index in [0.29, 0.717) is 26.1 Å². The van der Waals surface area contributed by atoms with E-state index in [9.17, 15) is 9.18 Å². The lowest BCUT2D eigenvalue weighted by atomic mass is 9.87. The molecule has 0 aliphatic carbocycles. The summed E-state index contributed by atoms with van der Waals surface area (Å²) < 4.78 is 19.7. The van der Waals surface area contributed by atoms with E-state index in [1.165, 1.54) is 0 Å². The molecular formula is C15H29FN2O2. The van der Waals surface area contributed by atoms with Crippen LogP contribution < -0.4 is 5.32 Å². The first-order valence-electron chi connectivity index (χ1n) is 7.44. The lowest BCUT2D eigenvalue weighted by Crippen LogP contribution is -2.45. The number of alkyl halides is 1. The molecule has 1 N–H and O–H groups in total. The second-order valence-corrected chi connectivity index (χ2v) is 7.08. The summed E-state index contributed by atoms with van der Waals surface area (Å²) in [5.41, 5.74) is -1.71. The molecule has 0 aromatic heterocycles. The maximum Gasteiger partial charge on any atom is 0.410 e. The van der Waals surface area contributed by atoms with Gasteiger partial charge in [-0.1, -0.05) is 0 Å². The van der Waals surface area contributed by atoms with Crippen molar-refractivity contribution in [2.75, 3.05) is 26.7 Å². The van der Waals surface area contributed by atoms with Gasteiger partial charge in [0.1, 0.15) is 11.3 Å². The van der Waals surface area contributed by atoms with Crippen molar-refractivity contribution >= 4 is 6.09 Å². The van der Waals surface area contributed by atoms with Gasteiger partial charge in [0, 0.05) is 19.6 Å². The highest BCUT2D eigenvalue weighted by Gasteiger charge is 2.32. The van der Waals surface area contributed by atoms with E-state index in [4.69, 9.17) is 4.74 Å². The van der Waals surface area contributed by atoms with Crippen LogP contribution in [0.2, 0.25) is 0 Å². The molecule has 5 heteroatoms. The predicted octanol–water partition coefficient (Wildman–Crippen LogP) is 2.97. The van der Waals surface area contributed by atoms with Crippen molar-refractivity contribution in [2.24, 2.45) is 5.92 Å². The van der Waals surface area contributed by atoms with Crippen LogP contribution in [0, 0.1) is 5.92 Å². The fourth-order valence-corrected chi connectivity index (χ4v) is 2.77. The molecule has 1 heterocycles. The van der Waals surface area contributed by atoms with E-state index in [2.05, 4.69) is 5.32 Å². The zero-order valence-electron chi connectivity index (χ0n) is 13.5. The summed E-state index contributed by atoms with van der Waals surface area (Å²) >= 11 is 0. The van der Waals surface area contributed by atoms with Crippen LogP contribution in [-0.2, 0) is 4.74 Å². The Morgan fingerprint density at radius 2 is 2.05 bits per heavy atom. The number of nitrogens with zero attached hydrogens (tertiary/aromatic N) is 1. The van der Waals surface area contributed by atoms with E-state index >= 15 is 0 Å². The minimum Gasteiger partial charge on any atom is -0.444 e. The lowest BCUT2D eigenvalue weighted by Gasteiger charge is -2.36. The minimum absolute atomic E-state index is 0.208. The average Bonchev–Trinajstić information content (AvgIpc) is 2.26. The molecule has 118 valence electrons. The van der Waals surface area contributed by atoms with Gasteiger partial charge in [0.15, 0.2) is 0 Å². The fourth-order valence-electron chi connectivity index (χ4n) is 2.77. The molecule has 1 aliphatic heterocycles. The summed E-state index contributed by atoms with van der Waals surface area (Å²) in [6, 6.07) is 0. The number of halogens is 1. The number of piperidine rings is 1. The highest BCUT2D eigenvalue weighted by molar-refractivity contribution is 5.68. The van der Waals surface area contributed by atoms with Crippen molar-refractivity contribution in [1.82, 2.24) is 10.2 Å². The number of carbonyl (C=O) groups is 1. The van der Waals surface area contributed by atoms with Gasteiger partial charge in [0.05, 0.1) is 0 Å². The molecule has 4 nitrogen and oxygen atoms in total. The molecule has 0 aromatic carbocycles. The van der Waals surface area contributed by atoms with Crippen molar-refractivity contribution in [2.45, 2.75) is 58.2 Å². The third kappa shape index (κ3) is 6.07. The number of hydrogen-bond donors (Lipinski definition) is 1. The van der Waals surface area contributed by atoms with Gasteiger partial charge in [-0.3, -0.25) is 0 Å². The molecule has 1 rings (SSSR count). The number of likely N-dealkylation sites (tertiary alicyclic amines) is 1. The molecule has 2 unspecified atom stereocenters. The van der Waals surface area contributed by atoms with Crippen LogP contribution in [0.4, 0.5) is 9.18 Å². The maximum absolute atomic E-state index is 14.3. The molecule has 0 aromatic rings. The summed E-state index contributed by atoms with van der Waals surface area (Å²) in [7, 11) is 1.76. The maximum atomic E-state index is 14.3. The smallest absolute Gasteiger partial charge is 0.410 e. The molecule has 1 amide bonds. The Hall–Kier alpha value is -0.840. The lowest BCUT2D eigenvalue weighted by molar-refractivity contribution is 0.0120. The van der Waals surface area contributed by atoms with Crippen LogP contribution in [0.3, 0.4) is 0 Å². The SMILES string of the molecule is CNCC(C)(F)CC1CCCN(C(=O)OC(C)(C)C)C1. The van der Waals surface area contributed by atoms with Crippen LogP contribution in [-0.4, -0.2) is 48.9 Å². The molecule has 1 fully saturated rings. The first kappa shape index (κ1) is 17.2. The molecule has 0 spiro atoms. The Labute approximate surface area is 122 Å². The van der Waals surface area contributed by atoms with Gasteiger partial charge in [-0.15, -0.1) is 0 Å². The number of rotatable bonds is 4. The molecular weight excluding hydrogens is 259 g/mol. The molecule has 0 radical (unpaired) electrons. The van der Waals surface area contributed by atoms with E-state index in [0.717, 1.165) is 12.8 Å².